The summed E-state index contributed by atoms with van der Waals surface area (Å²) in [6, 6.07) is 11.5. The Labute approximate surface area is 158 Å². The maximum absolute atomic E-state index is 12.5. The zero-order chi connectivity index (χ0) is 18.5. The highest BCUT2D eigenvalue weighted by molar-refractivity contribution is 6.04. The van der Waals surface area contributed by atoms with Crippen molar-refractivity contribution in [2.45, 2.75) is 25.8 Å². The van der Waals surface area contributed by atoms with E-state index in [-0.39, 0.29) is 5.91 Å². The van der Waals surface area contributed by atoms with Gasteiger partial charge in [-0.3, -0.25) is 4.79 Å². The summed E-state index contributed by atoms with van der Waals surface area (Å²) in [7, 11) is 0. The number of hydrogen-bond acceptors (Lipinski definition) is 4. The van der Waals surface area contributed by atoms with Crippen LogP contribution < -0.4 is 10.2 Å². The van der Waals surface area contributed by atoms with Crippen molar-refractivity contribution < 1.29 is 4.79 Å². The largest absolute Gasteiger partial charge is 0.357 e. The van der Waals surface area contributed by atoms with Crippen LogP contribution in [0, 0.1) is 0 Å². The van der Waals surface area contributed by atoms with Crippen LogP contribution in [0.1, 0.15) is 35.2 Å². The Hall–Kier alpha value is -3.15. The Bertz CT molecular complexity index is 866. The van der Waals surface area contributed by atoms with Gasteiger partial charge < -0.3 is 14.8 Å². The van der Waals surface area contributed by atoms with Gasteiger partial charge in [0.2, 0.25) is 0 Å². The van der Waals surface area contributed by atoms with E-state index in [0.717, 1.165) is 31.0 Å². The van der Waals surface area contributed by atoms with Gasteiger partial charge in [-0.2, -0.15) is 0 Å². The van der Waals surface area contributed by atoms with Gasteiger partial charge in [0.15, 0.2) is 0 Å². The molecule has 0 spiro atoms. The number of nitrogens with zero attached hydrogens (tertiary/aromatic N) is 4. The minimum absolute atomic E-state index is 0.128. The van der Waals surface area contributed by atoms with Crippen LogP contribution in [0.5, 0.6) is 0 Å². The molecule has 0 atom stereocenters. The standard InChI is InChI=1S/C21H23N5O/c27-21(18-6-4-17(5-7-18)15-25-13-10-22-16-25)24-19-8-9-20(23-14-19)26-11-2-1-3-12-26/h4-10,13-14,16H,1-3,11-12,15H2,(H,24,27). The molecule has 1 fully saturated rings. The molecule has 3 heterocycles. The van der Waals surface area contributed by atoms with Gasteiger partial charge >= 0.3 is 0 Å². The van der Waals surface area contributed by atoms with E-state index in [1.165, 1.54) is 19.3 Å². The van der Waals surface area contributed by atoms with Crippen LogP contribution in [0.3, 0.4) is 0 Å². The van der Waals surface area contributed by atoms with Crippen molar-refractivity contribution in [1.29, 1.82) is 0 Å². The number of rotatable bonds is 5. The molecule has 0 radical (unpaired) electrons. The van der Waals surface area contributed by atoms with Gasteiger partial charge in [0.25, 0.3) is 5.91 Å². The number of benzene rings is 1. The second kappa shape index (κ2) is 8.03. The van der Waals surface area contributed by atoms with Crippen molar-refractivity contribution in [2.24, 2.45) is 0 Å². The maximum atomic E-state index is 12.5. The fourth-order valence-corrected chi connectivity index (χ4v) is 3.33. The fourth-order valence-electron chi connectivity index (χ4n) is 3.33. The normalized spacial score (nSPS) is 14.1. The number of pyridine rings is 1. The quantitative estimate of drug-likeness (QED) is 0.755. The number of imidazole rings is 1. The van der Waals surface area contributed by atoms with E-state index < -0.39 is 0 Å². The van der Waals surface area contributed by atoms with Gasteiger partial charge in [-0.25, -0.2) is 9.97 Å². The summed E-state index contributed by atoms with van der Waals surface area (Å²) in [4.78, 5) is 23.3. The summed E-state index contributed by atoms with van der Waals surface area (Å²) in [6.45, 7) is 2.86. The predicted molar refractivity (Wildman–Crippen MR) is 106 cm³/mol. The highest BCUT2D eigenvalue weighted by Gasteiger charge is 2.12. The Morgan fingerprint density at radius 2 is 1.85 bits per heavy atom. The smallest absolute Gasteiger partial charge is 0.255 e. The van der Waals surface area contributed by atoms with Gasteiger partial charge in [-0.1, -0.05) is 12.1 Å². The maximum Gasteiger partial charge on any atom is 0.255 e. The highest BCUT2D eigenvalue weighted by Crippen LogP contribution is 2.19. The van der Waals surface area contributed by atoms with Crippen molar-refractivity contribution in [2.75, 3.05) is 23.3 Å². The summed E-state index contributed by atoms with van der Waals surface area (Å²) in [5.41, 5.74) is 2.46. The first-order chi connectivity index (χ1) is 13.3. The first kappa shape index (κ1) is 17.3. The van der Waals surface area contributed by atoms with E-state index in [0.29, 0.717) is 11.3 Å². The number of carbonyl (C=O) groups is 1. The lowest BCUT2D eigenvalue weighted by molar-refractivity contribution is 0.102. The lowest BCUT2D eigenvalue weighted by atomic mass is 10.1. The summed E-state index contributed by atoms with van der Waals surface area (Å²) in [6.07, 6.45) is 10.9. The molecule has 0 unspecified atom stereocenters. The Morgan fingerprint density at radius 1 is 1.04 bits per heavy atom. The molecule has 1 saturated heterocycles. The van der Waals surface area contributed by atoms with Crippen molar-refractivity contribution >= 4 is 17.4 Å². The average molecular weight is 361 g/mol. The van der Waals surface area contributed by atoms with Gasteiger partial charge in [-0.05, 0) is 49.1 Å². The fraction of sp³-hybridized carbons (Fsp3) is 0.286. The van der Waals surface area contributed by atoms with Crippen LogP contribution >= 0.6 is 0 Å². The van der Waals surface area contributed by atoms with Crippen molar-refractivity contribution in [1.82, 2.24) is 14.5 Å². The molecule has 1 aliphatic rings. The van der Waals surface area contributed by atoms with Gasteiger partial charge in [0, 0.05) is 37.6 Å². The van der Waals surface area contributed by atoms with Gasteiger partial charge in [0.1, 0.15) is 5.82 Å². The van der Waals surface area contributed by atoms with Crippen LogP contribution in [-0.2, 0) is 6.54 Å². The van der Waals surface area contributed by atoms with Gasteiger partial charge in [0.05, 0.1) is 18.2 Å². The molecule has 27 heavy (non-hydrogen) atoms. The number of hydrogen-bond donors (Lipinski definition) is 1. The van der Waals surface area contributed by atoms with E-state index in [4.69, 9.17) is 0 Å². The van der Waals surface area contributed by atoms with Crippen LogP contribution in [0.15, 0.2) is 61.3 Å². The summed E-state index contributed by atoms with van der Waals surface area (Å²) in [5, 5.41) is 2.92. The van der Waals surface area contributed by atoms with Crippen LogP contribution in [-0.4, -0.2) is 33.5 Å². The number of anilines is 2. The molecule has 4 rings (SSSR count). The first-order valence-corrected chi connectivity index (χ1v) is 9.35. The van der Waals surface area contributed by atoms with Gasteiger partial charge in [-0.15, -0.1) is 0 Å². The Morgan fingerprint density at radius 3 is 2.52 bits per heavy atom. The molecule has 3 aromatic rings. The molecular weight excluding hydrogens is 338 g/mol. The highest BCUT2D eigenvalue weighted by atomic mass is 16.1. The Kier molecular flexibility index (Phi) is 5.14. The van der Waals surface area contributed by atoms with Crippen molar-refractivity contribution in [3.63, 3.8) is 0 Å². The number of nitrogens with one attached hydrogen (secondary N) is 1. The van der Waals surface area contributed by atoms with E-state index in [1.807, 2.05) is 47.2 Å². The van der Waals surface area contributed by atoms with Crippen LogP contribution in [0.25, 0.3) is 0 Å². The molecule has 1 aromatic carbocycles. The number of piperidine rings is 1. The molecule has 6 heteroatoms. The third-order valence-electron chi connectivity index (χ3n) is 4.83. The monoisotopic (exact) mass is 361 g/mol. The zero-order valence-electron chi connectivity index (χ0n) is 15.2. The van der Waals surface area contributed by atoms with Crippen LogP contribution in [0.2, 0.25) is 0 Å². The van der Waals surface area contributed by atoms with E-state index >= 15 is 0 Å². The third kappa shape index (κ3) is 4.34. The van der Waals surface area contributed by atoms with Crippen LogP contribution in [0.4, 0.5) is 11.5 Å². The minimum Gasteiger partial charge on any atom is -0.357 e. The molecule has 0 aliphatic carbocycles. The Balaban J connectivity index is 1.36. The lowest BCUT2D eigenvalue weighted by Crippen LogP contribution is -2.30. The first-order valence-electron chi connectivity index (χ1n) is 9.35. The zero-order valence-corrected chi connectivity index (χ0v) is 15.2. The number of aromatic nitrogens is 3. The molecule has 1 aliphatic heterocycles. The summed E-state index contributed by atoms with van der Waals surface area (Å²) < 4.78 is 1.99. The molecule has 138 valence electrons. The molecule has 2 aromatic heterocycles. The van der Waals surface area contributed by atoms with Crippen molar-refractivity contribution in [3.05, 3.63) is 72.4 Å². The lowest BCUT2D eigenvalue weighted by Gasteiger charge is -2.27. The second-order valence-corrected chi connectivity index (χ2v) is 6.84. The predicted octanol–water partition coefficient (Wildman–Crippen LogP) is 3.57. The molecule has 1 N–H and O–H groups in total. The second-order valence-electron chi connectivity index (χ2n) is 6.84. The summed E-state index contributed by atoms with van der Waals surface area (Å²) in [5.74, 6) is 0.855. The van der Waals surface area contributed by atoms with E-state index in [1.54, 1.807) is 18.7 Å². The molecule has 0 saturated carbocycles. The SMILES string of the molecule is O=C(Nc1ccc(N2CCCCC2)nc1)c1ccc(Cn2ccnc2)cc1. The number of amides is 1. The minimum atomic E-state index is -0.128. The summed E-state index contributed by atoms with van der Waals surface area (Å²) >= 11 is 0. The molecule has 1 amide bonds. The van der Waals surface area contributed by atoms with Crippen molar-refractivity contribution in [3.8, 4) is 0 Å². The topological polar surface area (TPSA) is 63.1 Å². The molecule has 6 nitrogen and oxygen atoms in total. The third-order valence-corrected chi connectivity index (χ3v) is 4.83. The molecule has 0 bridgehead atoms. The molecular formula is C21H23N5O. The van der Waals surface area contributed by atoms with E-state index in [2.05, 4.69) is 20.2 Å². The van der Waals surface area contributed by atoms with E-state index in [9.17, 15) is 4.79 Å². The average Bonchev–Trinajstić information content (AvgIpc) is 3.23. The number of carbonyl (C=O) groups excluding carboxylic acids is 1.